The van der Waals surface area contributed by atoms with E-state index >= 15 is 0 Å². The van der Waals surface area contributed by atoms with E-state index in [0.29, 0.717) is 27.3 Å². The van der Waals surface area contributed by atoms with Crippen LogP contribution in [0.3, 0.4) is 0 Å². The molecule has 0 amide bonds. The molecular formula is C52H65F3IrNO2S-. The number of fused-ring (bicyclic) bond motifs is 2. The average molecular weight is 1020 g/mol. The van der Waals surface area contributed by atoms with Gasteiger partial charge in [0.2, 0.25) is 0 Å². The molecule has 2 aromatic heterocycles. The number of aliphatic hydroxyl groups excluding tert-OH is 1. The number of aryl methyl sites for hydroxylation is 3. The van der Waals surface area contributed by atoms with Crippen molar-refractivity contribution in [2.45, 2.75) is 152 Å². The Bertz CT molecular complexity index is 2290. The summed E-state index contributed by atoms with van der Waals surface area (Å²) in [5.74, 6) is 1.08. The minimum atomic E-state index is -4.51. The molecule has 327 valence electrons. The quantitative estimate of drug-likeness (QED) is 0.0862. The monoisotopic (exact) mass is 1020 g/mol. The van der Waals surface area contributed by atoms with Gasteiger partial charge < -0.3 is 5.11 Å². The SMILES string of the molecule is CCC(CC)C(=O)/C=C(\O)C(CC)CC.Cc1cc(C2CCC(C)(C)CC2)cc(C)c1-c1sc2c(-c3[c-]c4ccccc4c(C(C)(C)C)c3)ncc(C(F)(F)F)c2c1C.[Ir]. The Morgan fingerprint density at radius 1 is 0.917 bits per heavy atom. The van der Waals surface area contributed by atoms with Crippen LogP contribution in [-0.2, 0) is 36.5 Å². The Morgan fingerprint density at radius 3 is 2.02 bits per heavy atom. The fourth-order valence-corrected chi connectivity index (χ4v) is 10.5. The van der Waals surface area contributed by atoms with Crippen LogP contribution < -0.4 is 0 Å². The third-order valence-electron chi connectivity index (χ3n) is 12.8. The van der Waals surface area contributed by atoms with Crippen molar-refractivity contribution in [1.29, 1.82) is 0 Å². The molecule has 8 heteroatoms. The molecule has 0 unspecified atom stereocenters. The first-order valence-corrected chi connectivity index (χ1v) is 22.5. The van der Waals surface area contributed by atoms with E-state index in [-0.39, 0.29) is 54.3 Å². The molecule has 1 aliphatic rings. The zero-order valence-electron chi connectivity index (χ0n) is 37.8. The second-order valence-electron chi connectivity index (χ2n) is 18.6. The summed E-state index contributed by atoms with van der Waals surface area (Å²) in [6.45, 7) is 25.3. The molecule has 2 heterocycles. The maximum atomic E-state index is 14.5. The number of halogens is 3. The van der Waals surface area contributed by atoms with Crippen LogP contribution in [0.5, 0.6) is 0 Å². The molecule has 1 fully saturated rings. The number of thiophene rings is 1. The van der Waals surface area contributed by atoms with Crippen molar-refractivity contribution >= 4 is 38.0 Å². The number of aromatic nitrogens is 1. The number of hydrogen-bond acceptors (Lipinski definition) is 4. The van der Waals surface area contributed by atoms with Gasteiger partial charge in [-0.15, -0.1) is 40.5 Å². The maximum absolute atomic E-state index is 14.5. The number of carbonyl (C=O) groups excluding carboxylic acids is 1. The van der Waals surface area contributed by atoms with Crippen molar-refractivity contribution < 1.29 is 43.2 Å². The minimum Gasteiger partial charge on any atom is -0.512 e. The molecule has 1 aliphatic carbocycles. The second-order valence-corrected chi connectivity index (χ2v) is 19.7. The molecule has 0 bridgehead atoms. The summed E-state index contributed by atoms with van der Waals surface area (Å²) in [5.41, 5.74) is 7.26. The predicted octanol–water partition coefficient (Wildman–Crippen LogP) is 16.4. The summed E-state index contributed by atoms with van der Waals surface area (Å²) in [7, 11) is 0. The second kappa shape index (κ2) is 19.8. The molecule has 0 spiro atoms. The van der Waals surface area contributed by atoms with Gasteiger partial charge >= 0.3 is 6.18 Å². The largest absolute Gasteiger partial charge is 0.512 e. The molecule has 0 atom stereocenters. The fraction of sp³-hybridized carbons (Fsp3) is 0.500. The number of alkyl halides is 3. The van der Waals surface area contributed by atoms with Crippen molar-refractivity contribution in [3.63, 3.8) is 0 Å². The van der Waals surface area contributed by atoms with Crippen molar-refractivity contribution in [3.05, 3.63) is 99.9 Å². The van der Waals surface area contributed by atoms with E-state index in [9.17, 15) is 23.1 Å². The predicted molar refractivity (Wildman–Crippen MR) is 244 cm³/mol. The molecule has 6 rings (SSSR count). The van der Waals surface area contributed by atoms with Gasteiger partial charge in [0.25, 0.3) is 0 Å². The fourth-order valence-electron chi connectivity index (χ4n) is 8.98. The van der Waals surface area contributed by atoms with Gasteiger partial charge in [0.15, 0.2) is 5.78 Å². The molecule has 5 aromatic rings. The Hall–Kier alpha value is -3.32. The molecule has 0 saturated heterocycles. The van der Waals surface area contributed by atoms with Crippen LogP contribution in [0.4, 0.5) is 13.2 Å². The van der Waals surface area contributed by atoms with Crippen molar-refractivity contribution in [3.8, 4) is 21.7 Å². The number of allylic oxidation sites excluding steroid dienone is 2. The van der Waals surface area contributed by atoms with Gasteiger partial charge in [-0.05, 0) is 117 Å². The van der Waals surface area contributed by atoms with Gasteiger partial charge in [0, 0.05) is 64.9 Å². The van der Waals surface area contributed by atoms with Gasteiger partial charge in [0.05, 0.1) is 11.3 Å². The van der Waals surface area contributed by atoms with Crippen LogP contribution in [0.1, 0.15) is 153 Å². The number of hydrogen-bond donors (Lipinski definition) is 1. The first-order valence-electron chi connectivity index (χ1n) is 21.7. The number of aliphatic hydroxyl groups is 1. The third kappa shape index (κ3) is 10.8. The van der Waals surface area contributed by atoms with Crippen LogP contribution >= 0.6 is 11.3 Å². The number of pyridine rings is 1. The van der Waals surface area contributed by atoms with E-state index < -0.39 is 11.7 Å². The van der Waals surface area contributed by atoms with Crippen molar-refractivity contribution in [2.75, 3.05) is 0 Å². The molecule has 3 nitrogen and oxygen atoms in total. The van der Waals surface area contributed by atoms with E-state index in [1.54, 1.807) is 0 Å². The first-order chi connectivity index (χ1) is 27.6. The van der Waals surface area contributed by atoms with Crippen LogP contribution in [0.25, 0.3) is 42.6 Å². The molecular weight excluding hydrogens is 952 g/mol. The normalized spacial score (nSPS) is 15.1. The number of rotatable bonds is 10. The molecule has 60 heavy (non-hydrogen) atoms. The number of nitrogens with zero attached hydrogens (tertiary/aromatic N) is 1. The Labute approximate surface area is 375 Å². The molecule has 1 saturated carbocycles. The Kier molecular flexibility index (Phi) is 16.3. The van der Waals surface area contributed by atoms with E-state index in [2.05, 4.69) is 83.8 Å². The van der Waals surface area contributed by atoms with Gasteiger partial charge in [0.1, 0.15) is 0 Å². The number of ketones is 1. The van der Waals surface area contributed by atoms with E-state index in [4.69, 9.17) is 0 Å². The van der Waals surface area contributed by atoms with Crippen LogP contribution in [-0.4, -0.2) is 15.9 Å². The minimum absolute atomic E-state index is 0. The molecule has 3 aromatic carbocycles. The van der Waals surface area contributed by atoms with E-state index in [0.717, 1.165) is 75.3 Å². The third-order valence-corrected chi connectivity index (χ3v) is 14.1. The van der Waals surface area contributed by atoms with E-state index in [1.807, 2.05) is 52.8 Å². The summed E-state index contributed by atoms with van der Waals surface area (Å²) in [4.78, 5) is 17.1. The first kappa shape index (κ1) is 49.3. The van der Waals surface area contributed by atoms with Gasteiger partial charge in [-0.1, -0.05) is 104 Å². The molecule has 0 aliphatic heterocycles. The number of benzene rings is 3. The Balaban J connectivity index is 0.000000425. The zero-order chi connectivity index (χ0) is 43.6. The Morgan fingerprint density at radius 2 is 1.48 bits per heavy atom. The average Bonchev–Trinajstić information content (AvgIpc) is 3.50. The van der Waals surface area contributed by atoms with Crippen molar-refractivity contribution in [1.82, 2.24) is 4.98 Å². The summed E-state index contributed by atoms with van der Waals surface area (Å²) in [6.07, 6.45) is 6.19. The van der Waals surface area contributed by atoms with Gasteiger partial charge in [-0.2, -0.15) is 13.2 Å². The van der Waals surface area contributed by atoms with Crippen LogP contribution in [0.15, 0.2) is 60.5 Å². The zero-order valence-corrected chi connectivity index (χ0v) is 41.0. The van der Waals surface area contributed by atoms with E-state index in [1.165, 1.54) is 48.7 Å². The van der Waals surface area contributed by atoms with Crippen LogP contribution in [0.2, 0.25) is 0 Å². The topological polar surface area (TPSA) is 50.2 Å². The molecule has 1 N–H and O–H groups in total. The maximum Gasteiger partial charge on any atom is 0.418 e. The van der Waals surface area contributed by atoms with Crippen LogP contribution in [0, 0.1) is 44.1 Å². The summed E-state index contributed by atoms with van der Waals surface area (Å²) < 4.78 is 44.1. The van der Waals surface area contributed by atoms with Gasteiger partial charge in [-0.3, -0.25) is 9.78 Å². The van der Waals surface area contributed by atoms with Crippen molar-refractivity contribution in [2.24, 2.45) is 17.3 Å². The summed E-state index contributed by atoms with van der Waals surface area (Å²) in [6, 6.07) is 18.2. The summed E-state index contributed by atoms with van der Waals surface area (Å²) >= 11 is 1.43. The number of carbonyl (C=O) groups is 1. The smallest absolute Gasteiger partial charge is 0.418 e. The molecule has 1 radical (unpaired) electrons. The summed E-state index contributed by atoms with van der Waals surface area (Å²) in [5, 5.41) is 12.0. The van der Waals surface area contributed by atoms with Gasteiger partial charge in [-0.25, -0.2) is 0 Å². The standard InChI is InChI=1S/C39H41F3NS.C13H24O2.Ir/c1-22-17-27(25-13-15-38(7,8)16-14-25)18-23(2)32(22)35-24(3)33-31(39(40,41)42)21-43-34(36(33)44-35)28-19-26-11-9-10-12-29(26)30(20-28)37(4,5)6;1-5-10(6-2)12(14)9-13(15)11(7-3)8-4;/h9-12,17-18,20-21,25H,13-16H2,1-8H3;9-11,14H,5-8H2,1-4H3;/q-1;;/b;12-9-;.